The number of benzene rings is 3. The highest BCUT2D eigenvalue weighted by Crippen LogP contribution is 2.35. The Hall–Kier alpha value is -3.33. The van der Waals surface area contributed by atoms with Crippen LogP contribution in [0.4, 0.5) is 5.69 Å². The molecule has 3 rings (SSSR count). The maximum Gasteiger partial charge on any atom is 0.226 e. The number of carbonyl (C=O) groups is 1. The summed E-state index contributed by atoms with van der Waals surface area (Å²) in [5.41, 5.74) is 6.46. The monoisotopic (exact) mass is 385 g/mol. The number of hydrogen-bond acceptors (Lipinski definition) is 2. The van der Waals surface area contributed by atoms with Crippen LogP contribution >= 0.6 is 0 Å². The maximum absolute atomic E-state index is 12.0. The molecule has 0 aliphatic heterocycles. The number of allylic oxidation sites excluding steroid dienone is 1. The SMILES string of the molecule is CC/C(=C(\c1ccccc1)c1ccc(NC(=O)C(C)C)cc1)c1ccc(O)cc1. The summed E-state index contributed by atoms with van der Waals surface area (Å²) in [5, 5.41) is 12.6. The lowest BCUT2D eigenvalue weighted by atomic mass is 9.88. The highest BCUT2D eigenvalue weighted by molar-refractivity contribution is 5.99. The molecule has 0 saturated carbocycles. The molecule has 3 aromatic carbocycles. The van der Waals surface area contributed by atoms with E-state index in [-0.39, 0.29) is 17.6 Å². The number of phenols is 1. The van der Waals surface area contributed by atoms with Crippen LogP contribution in [0.3, 0.4) is 0 Å². The third-order valence-corrected chi connectivity index (χ3v) is 4.90. The Morgan fingerprint density at radius 2 is 1.38 bits per heavy atom. The molecule has 1 amide bonds. The molecule has 29 heavy (non-hydrogen) atoms. The van der Waals surface area contributed by atoms with Gasteiger partial charge in [0.1, 0.15) is 5.75 Å². The molecular formula is C26H27NO2. The summed E-state index contributed by atoms with van der Waals surface area (Å²) in [5.74, 6) is 0.210. The van der Waals surface area contributed by atoms with Crippen molar-refractivity contribution in [3.63, 3.8) is 0 Å². The second-order valence-electron chi connectivity index (χ2n) is 7.34. The predicted octanol–water partition coefficient (Wildman–Crippen LogP) is 6.36. The minimum absolute atomic E-state index is 0.00918. The Morgan fingerprint density at radius 1 is 0.828 bits per heavy atom. The van der Waals surface area contributed by atoms with Gasteiger partial charge in [0.25, 0.3) is 0 Å². The molecule has 0 fully saturated rings. The van der Waals surface area contributed by atoms with Crippen molar-refractivity contribution in [2.75, 3.05) is 5.32 Å². The van der Waals surface area contributed by atoms with Gasteiger partial charge in [-0.3, -0.25) is 4.79 Å². The summed E-state index contributed by atoms with van der Waals surface area (Å²) in [6.07, 6.45) is 0.848. The lowest BCUT2D eigenvalue weighted by Crippen LogP contribution is -2.17. The Bertz CT molecular complexity index is 985. The first-order valence-corrected chi connectivity index (χ1v) is 9.99. The number of amides is 1. The number of anilines is 1. The van der Waals surface area contributed by atoms with Gasteiger partial charge in [-0.2, -0.15) is 0 Å². The topological polar surface area (TPSA) is 49.3 Å². The van der Waals surface area contributed by atoms with Gasteiger partial charge in [-0.1, -0.05) is 75.4 Å². The molecule has 0 aromatic heterocycles. The summed E-state index contributed by atoms with van der Waals surface area (Å²) in [6, 6.07) is 25.7. The molecule has 0 spiro atoms. The molecule has 3 heteroatoms. The average molecular weight is 386 g/mol. The van der Waals surface area contributed by atoms with Crippen molar-refractivity contribution in [1.82, 2.24) is 0 Å². The van der Waals surface area contributed by atoms with Crippen molar-refractivity contribution in [1.29, 1.82) is 0 Å². The number of rotatable bonds is 6. The average Bonchev–Trinajstić information content (AvgIpc) is 2.74. The zero-order valence-corrected chi connectivity index (χ0v) is 17.1. The molecule has 3 aromatic rings. The van der Waals surface area contributed by atoms with E-state index in [9.17, 15) is 9.90 Å². The van der Waals surface area contributed by atoms with Crippen LogP contribution in [0.2, 0.25) is 0 Å². The standard InChI is InChI=1S/C26H27NO2/c1-4-24(19-12-16-23(28)17-13-19)25(20-8-6-5-7-9-20)21-10-14-22(15-11-21)27-26(29)18(2)3/h5-18,28H,4H2,1-3H3,(H,27,29)/b25-24-. The normalized spacial score (nSPS) is 11.9. The third kappa shape index (κ3) is 4.94. The number of aromatic hydroxyl groups is 1. The molecule has 0 aliphatic carbocycles. The van der Waals surface area contributed by atoms with Crippen LogP contribution < -0.4 is 5.32 Å². The van der Waals surface area contributed by atoms with Crippen LogP contribution in [-0.2, 0) is 4.79 Å². The second-order valence-corrected chi connectivity index (χ2v) is 7.34. The fourth-order valence-electron chi connectivity index (χ4n) is 3.31. The van der Waals surface area contributed by atoms with E-state index in [0.29, 0.717) is 0 Å². The van der Waals surface area contributed by atoms with Crippen LogP contribution in [0.1, 0.15) is 43.9 Å². The number of nitrogens with one attached hydrogen (secondary N) is 1. The van der Waals surface area contributed by atoms with Gasteiger partial charge in [-0.25, -0.2) is 0 Å². The van der Waals surface area contributed by atoms with E-state index in [1.54, 1.807) is 12.1 Å². The van der Waals surface area contributed by atoms with Gasteiger partial charge in [0.2, 0.25) is 5.91 Å². The van der Waals surface area contributed by atoms with E-state index in [2.05, 4.69) is 24.4 Å². The van der Waals surface area contributed by atoms with Crippen LogP contribution in [0.25, 0.3) is 11.1 Å². The largest absolute Gasteiger partial charge is 0.508 e. The summed E-state index contributed by atoms with van der Waals surface area (Å²) in [7, 11) is 0. The fraction of sp³-hybridized carbons (Fsp3) is 0.192. The molecule has 0 aliphatic rings. The Labute approximate surface area is 172 Å². The summed E-state index contributed by atoms with van der Waals surface area (Å²) in [6.45, 7) is 5.90. The maximum atomic E-state index is 12.0. The van der Waals surface area contributed by atoms with Gasteiger partial charge in [0, 0.05) is 11.6 Å². The van der Waals surface area contributed by atoms with Crippen LogP contribution in [0, 0.1) is 5.92 Å². The number of carbonyl (C=O) groups excluding carboxylic acids is 1. The van der Waals surface area contributed by atoms with E-state index in [1.165, 1.54) is 5.57 Å². The van der Waals surface area contributed by atoms with E-state index in [4.69, 9.17) is 0 Å². The number of phenolic OH excluding ortho intramolecular Hbond substituents is 1. The number of hydrogen-bond donors (Lipinski definition) is 2. The molecule has 148 valence electrons. The highest BCUT2D eigenvalue weighted by Gasteiger charge is 2.14. The smallest absolute Gasteiger partial charge is 0.226 e. The van der Waals surface area contributed by atoms with E-state index in [0.717, 1.165) is 34.4 Å². The van der Waals surface area contributed by atoms with Gasteiger partial charge in [0.15, 0.2) is 0 Å². The fourth-order valence-corrected chi connectivity index (χ4v) is 3.31. The summed E-state index contributed by atoms with van der Waals surface area (Å²) in [4.78, 5) is 12.0. The molecule has 0 heterocycles. The van der Waals surface area contributed by atoms with Gasteiger partial charge in [0.05, 0.1) is 0 Å². The van der Waals surface area contributed by atoms with Crippen molar-refractivity contribution in [3.8, 4) is 5.75 Å². The molecule has 0 radical (unpaired) electrons. The van der Waals surface area contributed by atoms with Crippen LogP contribution in [-0.4, -0.2) is 11.0 Å². The highest BCUT2D eigenvalue weighted by atomic mass is 16.3. The molecule has 0 atom stereocenters. The zero-order valence-electron chi connectivity index (χ0n) is 17.1. The van der Waals surface area contributed by atoms with E-state index >= 15 is 0 Å². The van der Waals surface area contributed by atoms with Crippen molar-refractivity contribution >= 4 is 22.7 Å². The van der Waals surface area contributed by atoms with Gasteiger partial charge < -0.3 is 10.4 Å². The lowest BCUT2D eigenvalue weighted by Gasteiger charge is -2.17. The van der Waals surface area contributed by atoms with Crippen molar-refractivity contribution in [2.24, 2.45) is 5.92 Å². The Kier molecular flexibility index (Phi) is 6.50. The van der Waals surface area contributed by atoms with E-state index in [1.807, 2.05) is 68.4 Å². The predicted molar refractivity (Wildman–Crippen MR) is 121 cm³/mol. The van der Waals surface area contributed by atoms with Gasteiger partial charge in [-0.15, -0.1) is 0 Å². The first-order valence-electron chi connectivity index (χ1n) is 9.99. The first kappa shape index (κ1) is 20.4. The Morgan fingerprint density at radius 3 is 1.93 bits per heavy atom. The summed E-state index contributed by atoms with van der Waals surface area (Å²) >= 11 is 0. The van der Waals surface area contributed by atoms with Crippen LogP contribution in [0.15, 0.2) is 78.9 Å². The van der Waals surface area contributed by atoms with Gasteiger partial charge in [-0.05, 0) is 58.5 Å². The quantitative estimate of drug-likeness (QED) is 0.485. The molecule has 0 saturated heterocycles. The Balaban J connectivity index is 2.09. The molecule has 2 N–H and O–H groups in total. The second kappa shape index (κ2) is 9.24. The van der Waals surface area contributed by atoms with Crippen molar-refractivity contribution in [2.45, 2.75) is 27.2 Å². The van der Waals surface area contributed by atoms with Crippen molar-refractivity contribution < 1.29 is 9.90 Å². The summed E-state index contributed by atoms with van der Waals surface area (Å²) < 4.78 is 0. The van der Waals surface area contributed by atoms with Crippen molar-refractivity contribution in [3.05, 3.63) is 95.6 Å². The molecular weight excluding hydrogens is 358 g/mol. The minimum Gasteiger partial charge on any atom is -0.508 e. The van der Waals surface area contributed by atoms with Gasteiger partial charge >= 0.3 is 0 Å². The van der Waals surface area contributed by atoms with Crippen LogP contribution in [0.5, 0.6) is 5.75 Å². The third-order valence-electron chi connectivity index (χ3n) is 4.90. The molecule has 0 unspecified atom stereocenters. The zero-order chi connectivity index (χ0) is 20.8. The minimum atomic E-state index is -0.0596. The molecule has 0 bridgehead atoms. The first-order chi connectivity index (χ1) is 14.0. The van der Waals surface area contributed by atoms with E-state index < -0.39 is 0 Å². The lowest BCUT2D eigenvalue weighted by molar-refractivity contribution is -0.118. The molecule has 3 nitrogen and oxygen atoms in total.